The summed E-state index contributed by atoms with van der Waals surface area (Å²) in [6, 6.07) is 10.6. The molecule has 0 bridgehead atoms. The third-order valence-corrected chi connectivity index (χ3v) is 6.82. The van der Waals surface area contributed by atoms with Crippen LogP contribution in [-0.4, -0.2) is 18.9 Å². The number of fused-ring (bicyclic) bond motifs is 1. The zero-order chi connectivity index (χ0) is 16.0. The molecule has 0 saturated heterocycles. The Kier molecular flexibility index (Phi) is 8.46. The Hall–Kier alpha value is -0.700. The monoisotopic (exact) mass is 399 g/mol. The predicted molar refractivity (Wildman–Crippen MR) is 92.8 cm³/mol. The van der Waals surface area contributed by atoms with Gasteiger partial charge in [0.25, 0.3) is 0 Å². The molecular formula is C18H27BrNO2P. The quantitative estimate of drug-likeness (QED) is 0.497. The van der Waals surface area contributed by atoms with Crippen LogP contribution in [0, 0.1) is 6.92 Å². The number of aryl methyl sites for hydroxylation is 2. The van der Waals surface area contributed by atoms with E-state index in [-0.39, 0.29) is 17.0 Å². The molecule has 2 aromatic rings. The van der Waals surface area contributed by atoms with Crippen LogP contribution in [0.1, 0.15) is 32.3 Å². The lowest BCUT2D eigenvalue weighted by atomic mass is 10.1. The fraction of sp³-hybridized carbons (Fsp3) is 0.500. The first-order chi connectivity index (χ1) is 10.6. The van der Waals surface area contributed by atoms with E-state index < -0.39 is 7.37 Å². The molecular weight excluding hydrogens is 373 g/mol. The van der Waals surface area contributed by atoms with Crippen molar-refractivity contribution < 1.29 is 30.6 Å². The number of aromatic nitrogens is 1. The molecule has 0 fully saturated rings. The summed E-state index contributed by atoms with van der Waals surface area (Å²) in [6.45, 7) is 7.54. The van der Waals surface area contributed by atoms with Crippen molar-refractivity contribution in [2.24, 2.45) is 0 Å². The van der Waals surface area contributed by atoms with Gasteiger partial charge in [0.05, 0.1) is 6.61 Å². The molecule has 1 aromatic heterocycles. The van der Waals surface area contributed by atoms with E-state index in [4.69, 9.17) is 4.52 Å². The Balaban J connectivity index is 0.00000264. The number of nitrogens with zero attached hydrogens (tertiary/aromatic N) is 1. The van der Waals surface area contributed by atoms with E-state index in [9.17, 15) is 4.57 Å². The largest absolute Gasteiger partial charge is 1.00 e. The van der Waals surface area contributed by atoms with Crippen molar-refractivity contribution in [3.63, 3.8) is 0 Å². The minimum Gasteiger partial charge on any atom is -1.00 e. The number of hydrogen-bond acceptors (Lipinski definition) is 2. The molecule has 1 aromatic carbocycles. The number of pyridine rings is 1. The SMILES string of the molecule is CCCP(=O)(CCC[n+]1ccc(C)c2ccccc21)OCC.[Br-]. The molecule has 1 atom stereocenters. The Morgan fingerprint density at radius 1 is 1.13 bits per heavy atom. The first-order valence-corrected chi connectivity index (χ1v) is 10.2. The van der Waals surface area contributed by atoms with Crippen LogP contribution < -0.4 is 21.5 Å². The van der Waals surface area contributed by atoms with Gasteiger partial charge in [-0.2, -0.15) is 4.57 Å². The van der Waals surface area contributed by atoms with Crippen molar-refractivity contribution in [3.05, 3.63) is 42.1 Å². The van der Waals surface area contributed by atoms with Crippen LogP contribution in [0.4, 0.5) is 0 Å². The molecule has 5 heteroatoms. The van der Waals surface area contributed by atoms with Gasteiger partial charge >= 0.3 is 0 Å². The second kappa shape index (κ2) is 9.56. The molecule has 23 heavy (non-hydrogen) atoms. The average Bonchev–Trinajstić information content (AvgIpc) is 2.50. The van der Waals surface area contributed by atoms with Gasteiger partial charge in [-0.15, -0.1) is 0 Å². The fourth-order valence-corrected chi connectivity index (χ4v) is 5.18. The van der Waals surface area contributed by atoms with Gasteiger partial charge in [-0.3, -0.25) is 4.57 Å². The second-order valence-electron chi connectivity index (χ2n) is 5.74. The second-order valence-corrected chi connectivity index (χ2v) is 8.52. The standard InChI is InChI=1S/C18H27NO2P.BrH/c1-4-14-22(20,21-5-2)15-8-12-19-13-11-16(3)17-9-6-7-10-18(17)19;/h6-7,9-11,13H,4-5,8,12,14-15H2,1-3H3;1H/q+1;/p-1. The highest BCUT2D eigenvalue weighted by Crippen LogP contribution is 2.47. The van der Waals surface area contributed by atoms with Crippen molar-refractivity contribution in [2.45, 2.75) is 40.2 Å². The molecule has 0 saturated carbocycles. The highest BCUT2D eigenvalue weighted by Gasteiger charge is 2.22. The highest BCUT2D eigenvalue weighted by atomic mass is 79.9. The van der Waals surface area contributed by atoms with Gasteiger partial charge in [-0.05, 0) is 31.9 Å². The average molecular weight is 400 g/mol. The van der Waals surface area contributed by atoms with Crippen molar-refractivity contribution in [2.75, 3.05) is 18.9 Å². The van der Waals surface area contributed by atoms with Gasteiger partial charge in [0.15, 0.2) is 6.20 Å². The molecule has 0 N–H and O–H groups in total. The van der Waals surface area contributed by atoms with Gasteiger partial charge in [-0.1, -0.05) is 19.1 Å². The maximum Gasteiger partial charge on any atom is 0.212 e. The van der Waals surface area contributed by atoms with Gasteiger partial charge in [0, 0.05) is 36.3 Å². The first-order valence-electron chi connectivity index (χ1n) is 8.20. The number of hydrogen-bond donors (Lipinski definition) is 0. The maximum absolute atomic E-state index is 12.7. The summed E-state index contributed by atoms with van der Waals surface area (Å²) in [5.74, 6) is 0. The van der Waals surface area contributed by atoms with E-state index in [1.807, 2.05) is 6.92 Å². The fourth-order valence-electron chi connectivity index (χ4n) is 2.92. The topological polar surface area (TPSA) is 30.2 Å². The number of benzene rings is 1. The smallest absolute Gasteiger partial charge is 0.212 e. The van der Waals surface area contributed by atoms with Gasteiger partial charge < -0.3 is 21.5 Å². The molecule has 0 spiro atoms. The predicted octanol–water partition coefficient (Wildman–Crippen LogP) is 1.55. The summed E-state index contributed by atoms with van der Waals surface area (Å²) in [6.07, 6.45) is 5.29. The van der Waals surface area contributed by atoms with E-state index in [2.05, 4.69) is 54.9 Å². The maximum atomic E-state index is 12.7. The lowest BCUT2D eigenvalue weighted by Gasteiger charge is -2.16. The Morgan fingerprint density at radius 2 is 1.87 bits per heavy atom. The first kappa shape index (κ1) is 20.3. The third-order valence-electron chi connectivity index (χ3n) is 3.97. The lowest BCUT2D eigenvalue weighted by molar-refractivity contribution is -0.671. The summed E-state index contributed by atoms with van der Waals surface area (Å²) < 4.78 is 20.5. The summed E-state index contributed by atoms with van der Waals surface area (Å²) in [5.41, 5.74) is 2.53. The summed E-state index contributed by atoms with van der Waals surface area (Å²) in [7, 11) is -2.44. The molecule has 128 valence electrons. The molecule has 1 unspecified atom stereocenters. The minimum atomic E-state index is -2.44. The van der Waals surface area contributed by atoms with Crippen LogP contribution in [0.25, 0.3) is 10.9 Å². The summed E-state index contributed by atoms with van der Waals surface area (Å²) in [4.78, 5) is 0. The van der Waals surface area contributed by atoms with E-state index in [1.54, 1.807) is 0 Å². The van der Waals surface area contributed by atoms with E-state index in [0.717, 1.165) is 19.4 Å². The highest BCUT2D eigenvalue weighted by molar-refractivity contribution is 7.58. The van der Waals surface area contributed by atoms with Crippen LogP contribution in [0.15, 0.2) is 36.5 Å². The van der Waals surface area contributed by atoms with Gasteiger partial charge in [-0.25, -0.2) is 0 Å². The van der Waals surface area contributed by atoms with E-state index in [0.29, 0.717) is 18.9 Å². The van der Waals surface area contributed by atoms with Crippen molar-refractivity contribution in [1.82, 2.24) is 0 Å². The summed E-state index contributed by atoms with van der Waals surface area (Å²) in [5, 5.41) is 1.28. The van der Waals surface area contributed by atoms with Crippen LogP contribution in [0.2, 0.25) is 0 Å². The van der Waals surface area contributed by atoms with E-state index >= 15 is 0 Å². The van der Waals surface area contributed by atoms with Gasteiger partial charge in [0.1, 0.15) is 6.54 Å². The van der Waals surface area contributed by atoms with E-state index in [1.165, 1.54) is 16.5 Å². The van der Waals surface area contributed by atoms with Crippen molar-refractivity contribution >= 4 is 18.3 Å². The Morgan fingerprint density at radius 3 is 2.57 bits per heavy atom. The number of rotatable bonds is 8. The minimum absolute atomic E-state index is 0. The number of halogens is 1. The zero-order valence-electron chi connectivity index (χ0n) is 14.3. The molecule has 2 rings (SSSR count). The third kappa shape index (κ3) is 5.41. The van der Waals surface area contributed by atoms with Crippen LogP contribution in [0.5, 0.6) is 0 Å². The molecule has 0 aliphatic carbocycles. The zero-order valence-corrected chi connectivity index (χ0v) is 16.8. The van der Waals surface area contributed by atoms with Crippen molar-refractivity contribution in [3.8, 4) is 0 Å². The van der Waals surface area contributed by atoms with Crippen LogP contribution in [0.3, 0.4) is 0 Å². The molecule has 3 nitrogen and oxygen atoms in total. The van der Waals surface area contributed by atoms with Crippen LogP contribution in [-0.2, 0) is 15.6 Å². The normalized spacial score (nSPS) is 13.5. The van der Waals surface area contributed by atoms with Crippen LogP contribution >= 0.6 is 7.37 Å². The van der Waals surface area contributed by atoms with Crippen molar-refractivity contribution in [1.29, 1.82) is 0 Å². The molecule has 0 aliphatic heterocycles. The molecule has 0 aliphatic rings. The Labute approximate surface area is 150 Å². The lowest BCUT2D eigenvalue weighted by Crippen LogP contribution is -3.00. The summed E-state index contributed by atoms with van der Waals surface area (Å²) >= 11 is 0. The van der Waals surface area contributed by atoms with Gasteiger partial charge in [0.2, 0.25) is 12.9 Å². The Bertz CT molecular complexity index is 665. The molecule has 0 radical (unpaired) electrons. The molecule has 1 heterocycles. The molecule has 0 amide bonds. The number of para-hydroxylation sites is 1.